The van der Waals surface area contributed by atoms with Crippen molar-refractivity contribution < 1.29 is 4.39 Å². The lowest BCUT2D eigenvalue weighted by Gasteiger charge is -2.36. The number of nitrogens with zero attached hydrogens (tertiary/aromatic N) is 8. The van der Waals surface area contributed by atoms with E-state index in [-0.39, 0.29) is 11.9 Å². The van der Waals surface area contributed by atoms with Gasteiger partial charge in [-0.25, -0.2) is 24.3 Å². The van der Waals surface area contributed by atoms with Crippen molar-refractivity contribution in [1.82, 2.24) is 34.7 Å². The van der Waals surface area contributed by atoms with Crippen LogP contribution in [-0.2, 0) is 0 Å². The molecule has 1 aliphatic rings. The molecule has 196 valence electrons. The molecule has 0 aliphatic carbocycles. The number of piperidine rings is 1. The predicted molar refractivity (Wildman–Crippen MR) is 146 cm³/mol. The number of benzene rings is 1. The quantitative estimate of drug-likeness (QED) is 0.300. The number of H-pyrrole nitrogens is 1. The molecule has 1 saturated heterocycles. The summed E-state index contributed by atoms with van der Waals surface area (Å²) in [6.45, 7) is 3.57. The summed E-state index contributed by atoms with van der Waals surface area (Å²) in [5.41, 5.74) is 4.05. The minimum Gasteiger partial charge on any atom is -0.356 e. The van der Waals surface area contributed by atoms with Gasteiger partial charge in [-0.3, -0.25) is 4.68 Å². The zero-order chi connectivity index (χ0) is 26.8. The van der Waals surface area contributed by atoms with Crippen molar-refractivity contribution in [2.75, 3.05) is 23.3 Å². The first kappa shape index (κ1) is 24.5. The van der Waals surface area contributed by atoms with Gasteiger partial charge in [-0.1, -0.05) is 6.07 Å². The number of anilines is 3. The summed E-state index contributed by atoms with van der Waals surface area (Å²) in [5.74, 6) is 1.50. The highest BCUT2D eigenvalue weighted by Crippen LogP contribution is 2.35. The highest BCUT2D eigenvalue weighted by atomic mass is 19.1. The fourth-order valence-electron chi connectivity index (χ4n) is 5.40. The highest BCUT2D eigenvalue weighted by Gasteiger charge is 2.30. The number of halogens is 1. The molecule has 0 spiro atoms. The van der Waals surface area contributed by atoms with Crippen molar-refractivity contribution in [3.63, 3.8) is 0 Å². The normalized spacial score (nSPS) is 14.8. The Bertz CT molecular complexity index is 1640. The lowest BCUT2D eigenvalue weighted by Crippen LogP contribution is -2.37. The van der Waals surface area contributed by atoms with Gasteiger partial charge in [0.15, 0.2) is 0 Å². The van der Waals surface area contributed by atoms with E-state index in [4.69, 9.17) is 0 Å². The fourth-order valence-corrected chi connectivity index (χ4v) is 5.40. The number of rotatable bonds is 7. The minimum absolute atomic E-state index is 0.0360. The Morgan fingerprint density at radius 2 is 2.00 bits per heavy atom. The first-order valence-electron chi connectivity index (χ1n) is 12.9. The Morgan fingerprint density at radius 1 is 1.15 bits per heavy atom. The van der Waals surface area contributed by atoms with Crippen LogP contribution in [0.3, 0.4) is 0 Å². The van der Waals surface area contributed by atoms with Crippen LogP contribution in [-0.4, -0.2) is 47.8 Å². The Hall–Kier alpha value is -4.85. The van der Waals surface area contributed by atoms with Crippen LogP contribution in [0, 0.1) is 30.0 Å². The van der Waals surface area contributed by atoms with Gasteiger partial charge in [-0.2, -0.15) is 10.4 Å². The van der Waals surface area contributed by atoms with Crippen LogP contribution < -0.4 is 10.2 Å². The van der Waals surface area contributed by atoms with E-state index in [9.17, 15) is 9.65 Å². The van der Waals surface area contributed by atoms with Crippen LogP contribution >= 0.6 is 0 Å². The molecule has 39 heavy (non-hydrogen) atoms. The topological polar surface area (TPSA) is 124 Å². The average molecular weight is 523 g/mol. The van der Waals surface area contributed by atoms with E-state index in [1.807, 2.05) is 36.3 Å². The van der Waals surface area contributed by atoms with Gasteiger partial charge >= 0.3 is 0 Å². The van der Waals surface area contributed by atoms with Crippen molar-refractivity contribution in [2.45, 2.75) is 32.2 Å². The summed E-state index contributed by atoms with van der Waals surface area (Å²) in [4.78, 5) is 23.1. The molecule has 2 N–H and O–H groups in total. The molecule has 5 aromatic rings. The summed E-state index contributed by atoms with van der Waals surface area (Å²) in [7, 11) is 0. The molecule has 1 aromatic carbocycles. The summed E-state index contributed by atoms with van der Waals surface area (Å²) < 4.78 is 15.6. The van der Waals surface area contributed by atoms with Crippen LogP contribution in [0.5, 0.6) is 0 Å². The van der Waals surface area contributed by atoms with Gasteiger partial charge in [0.2, 0.25) is 0 Å². The summed E-state index contributed by atoms with van der Waals surface area (Å²) in [5, 5.41) is 18.4. The lowest BCUT2D eigenvalue weighted by atomic mass is 9.87. The molecule has 1 atom stereocenters. The third kappa shape index (κ3) is 4.88. The van der Waals surface area contributed by atoms with E-state index >= 15 is 0 Å². The molecule has 6 rings (SSSR count). The second kappa shape index (κ2) is 10.5. The van der Waals surface area contributed by atoms with Crippen molar-refractivity contribution in [1.29, 1.82) is 5.26 Å². The molecule has 1 unspecified atom stereocenters. The molecule has 4 aromatic heterocycles. The van der Waals surface area contributed by atoms with Crippen molar-refractivity contribution >= 4 is 28.4 Å². The van der Waals surface area contributed by atoms with Crippen LogP contribution in [0.4, 0.5) is 21.7 Å². The SMILES string of the molecule is Cc1c(Nc2cccc(F)c2)ncnc1N1CCC(C(CC#N)n2cc(-c3ncnc4[nH]ccc34)cn2)CC1. The molecular weight excluding hydrogens is 495 g/mol. The van der Waals surface area contributed by atoms with Crippen LogP contribution in [0.1, 0.15) is 30.9 Å². The van der Waals surface area contributed by atoms with Gasteiger partial charge in [0.1, 0.15) is 35.8 Å². The largest absolute Gasteiger partial charge is 0.356 e. The number of fused-ring (bicyclic) bond motifs is 1. The Labute approximate surface area is 224 Å². The molecule has 1 fully saturated rings. The van der Waals surface area contributed by atoms with Gasteiger partial charge in [-0.05, 0) is 49.9 Å². The molecule has 10 nitrogen and oxygen atoms in total. The van der Waals surface area contributed by atoms with E-state index < -0.39 is 0 Å². The molecule has 0 radical (unpaired) electrons. The molecule has 0 bridgehead atoms. The number of aromatic amines is 1. The van der Waals surface area contributed by atoms with Crippen LogP contribution in [0.2, 0.25) is 0 Å². The molecule has 0 saturated carbocycles. The van der Waals surface area contributed by atoms with Gasteiger partial charge in [0.25, 0.3) is 0 Å². The van der Waals surface area contributed by atoms with Crippen molar-refractivity contribution in [3.8, 4) is 17.3 Å². The van der Waals surface area contributed by atoms with Crippen molar-refractivity contribution in [3.05, 3.63) is 73.0 Å². The Kier molecular flexibility index (Phi) is 6.59. The van der Waals surface area contributed by atoms with Gasteiger partial charge in [0, 0.05) is 47.7 Å². The number of nitriles is 1. The maximum atomic E-state index is 13.6. The first-order valence-corrected chi connectivity index (χ1v) is 12.9. The zero-order valence-corrected chi connectivity index (χ0v) is 21.4. The summed E-state index contributed by atoms with van der Waals surface area (Å²) in [6, 6.07) is 10.6. The maximum absolute atomic E-state index is 13.6. The van der Waals surface area contributed by atoms with E-state index in [1.165, 1.54) is 18.5 Å². The Morgan fingerprint density at radius 3 is 2.82 bits per heavy atom. The second-order valence-electron chi connectivity index (χ2n) is 9.73. The third-order valence-corrected chi connectivity index (χ3v) is 7.40. The van der Waals surface area contributed by atoms with Crippen molar-refractivity contribution in [2.24, 2.45) is 5.92 Å². The zero-order valence-electron chi connectivity index (χ0n) is 21.4. The monoisotopic (exact) mass is 522 g/mol. The van der Waals surface area contributed by atoms with E-state index in [1.54, 1.807) is 18.5 Å². The molecular formula is C28H27FN10. The fraction of sp³-hybridized carbons (Fsp3) is 0.286. The minimum atomic E-state index is -0.306. The number of aromatic nitrogens is 7. The third-order valence-electron chi connectivity index (χ3n) is 7.40. The molecule has 1 aliphatic heterocycles. The highest BCUT2D eigenvalue weighted by molar-refractivity contribution is 5.90. The average Bonchev–Trinajstić information content (AvgIpc) is 3.63. The number of nitrogens with one attached hydrogen (secondary N) is 2. The number of hydrogen-bond acceptors (Lipinski definition) is 8. The standard InChI is InChI=1S/C28H27FN10/c1-18-26(37-22-4-2-3-21(29)13-22)33-17-35-28(18)38-11-7-19(8-12-38)24(5-9-30)39-15-20(14-36-39)25-23-6-10-31-27(23)34-16-32-25/h2-4,6,10,13-17,19,24H,5,7-8,11-12H2,1H3,(H,31,32,34)(H,33,35,37). The Balaban J connectivity index is 1.17. The molecule has 11 heteroatoms. The first-order chi connectivity index (χ1) is 19.1. The lowest BCUT2D eigenvalue weighted by molar-refractivity contribution is 0.260. The van der Waals surface area contributed by atoms with Gasteiger partial charge < -0.3 is 15.2 Å². The number of hydrogen-bond donors (Lipinski definition) is 2. The van der Waals surface area contributed by atoms with E-state index in [0.29, 0.717) is 23.8 Å². The smallest absolute Gasteiger partial charge is 0.141 e. The van der Waals surface area contributed by atoms with Crippen LogP contribution in [0.25, 0.3) is 22.3 Å². The summed E-state index contributed by atoms with van der Waals surface area (Å²) >= 11 is 0. The van der Waals surface area contributed by atoms with E-state index in [0.717, 1.165) is 59.6 Å². The summed E-state index contributed by atoms with van der Waals surface area (Å²) in [6.07, 6.45) is 10.9. The van der Waals surface area contributed by atoms with Crippen LogP contribution in [0.15, 0.2) is 61.6 Å². The molecule has 5 heterocycles. The maximum Gasteiger partial charge on any atom is 0.141 e. The molecule has 0 amide bonds. The van der Waals surface area contributed by atoms with E-state index in [2.05, 4.69) is 46.3 Å². The van der Waals surface area contributed by atoms with Gasteiger partial charge in [-0.15, -0.1) is 0 Å². The second-order valence-corrected chi connectivity index (χ2v) is 9.73. The predicted octanol–water partition coefficient (Wildman–Crippen LogP) is 5.17. The van der Waals surface area contributed by atoms with Gasteiger partial charge in [0.05, 0.1) is 30.4 Å².